The zero-order valence-corrected chi connectivity index (χ0v) is 41.1. The number of rotatable bonds is 15. The summed E-state index contributed by atoms with van der Waals surface area (Å²) in [6.45, 7) is 10.5. The van der Waals surface area contributed by atoms with Crippen molar-refractivity contribution in [2.24, 2.45) is 23.7 Å². The second kappa shape index (κ2) is 26.1. The molecule has 0 spiro atoms. The van der Waals surface area contributed by atoms with Gasteiger partial charge in [0.2, 0.25) is 0 Å². The average molecular weight is 1050 g/mol. The molecule has 3 heterocycles. The molecule has 0 amide bonds. The third kappa shape index (κ3) is 15.2. The molecule has 12 atom stereocenters. The first-order chi connectivity index (χ1) is 31.4. The van der Waals surface area contributed by atoms with E-state index in [0.29, 0.717) is 62.3 Å². The van der Waals surface area contributed by atoms with Crippen molar-refractivity contribution in [2.45, 2.75) is 130 Å². The van der Waals surface area contributed by atoms with Crippen LogP contribution in [0.1, 0.15) is 73.3 Å². The van der Waals surface area contributed by atoms with Gasteiger partial charge in [0, 0.05) is 40.5 Å². The largest absolute Gasteiger partial charge is 0.462 e. The molecule has 1 saturated heterocycles. The summed E-state index contributed by atoms with van der Waals surface area (Å²) in [6.07, 6.45) is 0.280. The van der Waals surface area contributed by atoms with Crippen LogP contribution in [0.3, 0.4) is 0 Å². The zero-order valence-electron chi connectivity index (χ0n) is 38.9. The molecule has 18 heteroatoms. The Balaban J connectivity index is 0.00000980. The van der Waals surface area contributed by atoms with Crippen LogP contribution < -0.4 is 0 Å². The van der Waals surface area contributed by atoms with Gasteiger partial charge < -0.3 is 39.5 Å². The number of aliphatic hydroxyl groups is 4. The van der Waals surface area contributed by atoms with Gasteiger partial charge >= 0.3 is 5.97 Å². The molecular weight excluding hydrogens is 975 g/mol. The first kappa shape index (κ1) is 55.6. The van der Waals surface area contributed by atoms with Gasteiger partial charge in [-0.25, -0.2) is 0 Å². The van der Waals surface area contributed by atoms with E-state index in [1.807, 2.05) is 32.9 Å². The van der Waals surface area contributed by atoms with Gasteiger partial charge in [-0.15, -0.1) is 5.10 Å². The van der Waals surface area contributed by atoms with Gasteiger partial charge in [0.1, 0.15) is 17.9 Å². The molecule has 0 radical (unpaired) electrons. The fourth-order valence-electron chi connectivity index (χ4n) is 8.95. The minimum absolute atomic E-state index is 0. The Kier molecular flexibility index (Phi) is 21.7. The van der Waals surface area contributed by atoms with Gasteiger partial charge in [-0.1, -0.05) is 75.4 Å². The summed E-state index contributed by atoms with van der Waals surface area (Å²) in [6, 6.07) is 13.8. The van der Waals surface area contributed by atoms with Gasteiger partial charge in [-0.05, 0) is 112 Å². The summed E-state index contributed by atoms with van der Waals surface area (Å²) in [4.78, 5) is 42.8. The third-order valence-electron chi connectivity index (χ3n) is 12.9. The number of aromatic nitrogens is 3. The van der Waals surface area contributed by atoms with Crippen LogP contribution >= 0.6 is 22.6 Å². The molecule has 2 aliphatic heterocycles. The van der Waals surface area contributed by atoms with Crippen molar-refractivity contribution in [1.82, 2.24) is 24.8 Å². The highest BCUT2D eigenvalue weighted by Crippen LogP contribution is 2.35. The lowest BCUT2D eigenvalue weighted by molar-refractivity contribution is -0.384. The highest BCUT2D eigenvalue weighted by molar-refractivity contribution is 14.1. The molecule has 17 nitrogen and oxygen atoms in total. The predicted molar refractivity (Wildman–Crippen MR) is 262 cm³/mol. The van der Waals surface area contributed by atoms with Crippen molar-refractivity contribution in [3.8, 4) is 11.3 Å². The Morgan fingerprint density at radius 3 is 2.37 bits per heavy atom. The molecule has 2 aliphatic rings. The van der Waals surface area contributed by atoms with Gasteiger partial charge in [0.25, 0.3) is 5.69 Å². The number of esters is 1. The Morgan fingerprint density at radius 1 is 1.01 bits per heavy atom. The summed E-state index contributed by atoms with van der Waals surface area (Å²) in [7, 11) is 3.49. The van der Waals surface area contributed by atoms with E-state index in [2.05, 4.69) is 49.9 Å². The van der Waals surface area contributed by atoms with Crippen molar-refractivity contribution in [2.75, 3.05) is 33.8 Å². The molecule has 5 rings (SSSR count). The molecule has 0 bridgehead atoms. The molecule has 370 valence electrons. The van der Waals surface area contributed by atoms with E-state index in [-0.39, 0.29) is 31.9 Å². The Hall–Kier alpha value is -3.99. The molecule has 0 aliphatic carbocycles. The third-order valence-corrected chi connectivity index (χ3v) is 13.6. The Bertz CT molecular complexity index is 2120. The number of aliphatic hydroxyl groups excluding tert-OH is 4. The number of para-hydroxylation sites is 1. The van der Waals surface area contributed by atoms with Crippen LogP contribution in [-0.4, -0.2) is 145 Å². The molecule has 4 N–H and O–H groups in total. The van der Waals surface area contributed by atoms with Gasteiger partial charge in [-0.3, -0.25) is 29.3 Å². The van der Waals surface area contributed by atoms with Crippen LogP contribution in [0.15, 0.2) is 78.5 Å². The highest BCUT2D eigenvalue weighted by atomic mass is 127. The van der Waals surface area contributed by atoms with Crippen LogP contribution in [-0.2, 0) is 36.9 Å². The van der Waals surface area contributed by atoms with Crippen LogP contribution in [0.25, 0.3) is 11.3 Å². The minimum atomic E-state index is -1.30. The molecule has 0 saturated carbocycles. The Morgan fingerprint density at radius 2 is 1.72 bits per heavy atom. The molecule has 1 fully saturated rings. The van der Waals surface area contributed by atoms with Crippen molar-refractivity contribution in [3.05, 3.63) is 97.8 Å². The summed E-state index contributed by atoms with van der Waals surface area (Å²) >= 11 is 2.26. The predicted octanol–water partition coefficient (Wildman–Crippen LogP) is 5.81. The van der Waals surface area contributed by atoms with Crippen LogP contribution in [0.5, 0.6) is 0 Å². The average Bonchev–Trinajstić information content (AvgIpc) is 3.76. The lowest BCUT2D eigenvalue weighted by Crippen LogP contribution is -2.63. The van der Waals surface area contributed by atoms with Crippen molar-refractivity contribution < 1.29 is 49.1 Å². The molecule has 1 aromatic heterocycles. The Labute approximate surface area is 408 Å². The topological polar surface area (TPSA) is 223 Å². The zero-order chi connectivity index (χ0) is 48.2. The number of hydrogen-bond acceptors (Lipinski definition) is 15. The second-order valence-electron chi connectivity index (χ2n) is 18.0. The number of ketones is 1. The number of hydrogen-bond donors (Lipinski definition) is 4. The van der Waals surface area contributed by atoms with Gasteiger partial charge in [0.05, 0.1) is 66.7 Å². The fourth-order valence-corrected chi connectivity index (χ4v) is 9.31. The number of allylic oxidation sites excluding steroid dienone is 3. The normalized spacial score (nSPS) is 30.3. The maximum Gasteiger partial charge on any atom is 0.308 e. The molecule has 3 aromatic rings. The van der Waals surface area contributed by atoms with E-state index in [9.17, 15) is 40.1 Å². The number of carbonyl (C=O) groups is 2. The van der Waals surface area contributed by atoms with Gasteiger partial charge in [0.15, 0.2) is 12.1 Å². The summed E-state index contributed by atoms with van der Waals surface area (Å²) < 4.78 is 21.6. The fraction of sp³-hybridized carbons (Fsp3) is 0.592. The first-order valence-electron chi connectivity index (χ1n) is 22.7. The van der Waals surface area contributed by atoms with E-state index in [4.69, 9.17) is 14.2 Å². The quantitative estimate of drug-likeness (QED) is 0.0610. The molecule has 67 heavy (non-hydrogen) atoms. The number of ether oxygens (including phenoxy) is 3. The monoisotopic (exact) mass is 1050 g/mol. The number of benzene rings is 2. The van der Waals surface area contributed by atoms with Crippen molar-refractivity contribution >= 4 is 40.0 Å². The van der Waals surface area contributed by atoms with Crippen LogP contribution in [0.4, 0.5) is 5.69 Å². The first-order valence-corrected chi connectivity index (χ1v) is 23.8. The number of nitro groups is 1. The number of halogens is 1. The van der Waals surface area contributed by atoms with Crippen molar-refractivity contribution in [1.29, 1.82) is 0 Å². The van der Waals surface area contributed by atoms with Gasteiger partial charge in [-0.2, -0.15) is 0 Å². The second-order valence-corrected chi connectivity index (χ2v) is 19.3. The molecule has 2 unspecified atom stereocenters. The van der Waals surface area contributed by atoms with Crippen molar-refractivity contribution in [3.63, 3.8) is 0 Å². The maximum atomic E-state index is 13.9. The smallest absolute Gasteiger partial charge is 0.308 e. The molecular formula is C49H71IN6O11. The standard InChI is InChI=1S/C48H67IN6O11.CH4/c1-8-42-35(28-56)23-29(2)13-18-40(57)30(3)24-34(47(31(4)41(58)25-43(59)65-42)66-48-46(61)44(52(6)7)45(60)32(5)64-48)19-20-53(26-33-14-16-36(49)17-15-33)21-22-54-27-38(50-51-54)37-11-9-10-12-39(37)55(62)63;/h9-18,23,27,30-32,34-35,41-42,44-48,56,58,60-61H,8,19-22,24-26,28H2,1-7H3;1H4/b18-13+,29-23+;/t30-,31+,32-,34+,35-,41-,42-,44?,45-,46?,47-,48+;/m1./s1. The number of cyclic esters (lactones) is 1. The van der Waals surface area contributed by atoms with E-state index in [1.54, 1.807) is 74.1 Å². The number of likely N-dealkylation sites (N-methyl/N-ethyl adjacent to an activating group) is 1. The number of nitro benzene ring substituents is 1. The van der Waals surface area contributed by atoms with E-state index >= 15 is 0 Å². The molecule has 2 aromatic carbocycles. The van der Waals surface area contributed by atoms with Crippen LogP contribution in [0.2, 0.25) is 0 Å². The summed E-state index contributed by atoms with van der Waals surface area (Å²) in [5, 5.41) is 65.3. The summed E-state index contributed by atoms with van der Waals surface area (Å²) in [5.41, 5.74) is 2.42. The van der Waals surface area contributed by atoms with Crippen LogP contribution in [0, 0.1) is 37.4 Å². The minimum Gasteiger partial charge on any atom is -0.462 e. The van der Waals surface area contributed by atoms with E-state index in [1.165, 1.54) is 12.1 Å². The van der Waals surface area contributed by atoms with E-state index in [0.717, 1.165) is 9.13 Å². The SMILES string of the molecule is C.CC[C@H]1OC(=O)C[C@@H](O)[C@H](C)[C@@H](O[C@@H]2O[C@H](C)[C@@H](O)C(N(C)C)C2O)[C@@H](CCN(CCn2cc(-c3ccccc3[N+](=O)[O-])nn2)Cc2ccc(I)cc2)C[C@@H](C)C(=O)/C=C/C(C)=C/[C@@H]1CO. The number of nitrogens with zero attached hydrogens (tertiary/aromatic N) is 6. The maximum absolute atomic E-state index is 13.9. The highest BCUT2D eigenvalue weighted by Gasteiger charge is 2.47. The lowest BCUT2D eigenvalue weighted by atomic mass is 9.79. The van der Waals surface area contributed by atoms with E-state index < -0.39 is 83.5 Å². The lowest BCUT2D eigenvalue weighted by Gasteiger charge is -2.46. The number of carbonyl (C=O) groups excluding carboxylic acids is 2. The summed E-state index contributed by atoms with van der Waals surface area (Å²) in [5.74, 6) is -3.08.